The number of nitrogens with zero attached hydrogens (tertiary/aromatic N) is 4. The molecule has 1 aromatic carbocycles. The number of anilines is 1. The number of nitrogens with one attached hydrogen (secondary N) is 1. The molecule has 1 N–H and O–H groups in total. The highest BCUT2D eigenvalue weighted by Gasteiger charge is 2.47. The molecule has 4 aromatic rings. The van der Waals surface area contributed by atoms with E-state index < -0.39 is 0 Å². The molecule has 7 heteroatoms. The van der Waals surface area contributed by atoms with Gasteiger partial charge in [0.1, 0.15) is 5.65 Å². The molecule has 0 saturated heterocycles. The second-order valence-electron chi connectivity index (χ2n) is 9.94. The molecular weight excluding hydrogens is 466 g/mol. The summed E-state index contributed by atoms with van der Waals surface area (Å²) in [6.45, 7) is 5.49. The Bertz CT molecular complexity index is 1420. The van der Waals surface area contributed by atoms with Gasteiger partial charge in [0.15, 0.2) is 0 Å². The number of hydrogen-bond donors (Lipinski definition) is 1. The monoisotopic (exact) mass is 497 g/mol. The highest BCUT2D eigenvalue weighted by Crippen LogP contribution is 2.50. The second kappa shape index (κ2) is 9.28. The molecule has 4 heterocycles. The number of aromatic nitrogens is 3. The molecule has 6 rings (SSSR count). The van der Waals surface area contributed by atoms with Crippen molar-refractivity contribution in [2.24, 2.45) is 0 Å². The lowest BCUT2D eigenvalue weighted by Gasteiger charge is -2.24. The first-order valence-electron chi connectivity index (χ1n) is 12.8. The molecule has 1 fully saturated rings. The van der Waals surface area contributed by atoms with E-state index in [2.05, 4.69) is 72.8 Å². The number of thioether (sulfide) groups is 1. The fraction of sp³-hybridized carbons (Fsp3) is 0.345. The van der Waals surface area contributed by atoms with Crippen LogP contribution in [-0.4, -0.2) is 32.7 Å². The third-order valence-corrected chi connectivity index (χ3v) is 8.52. The van der Waals surface area contributed by atoms with Crippen LogP contribution in [0.2, 0.25) is 0 Å². The molecule has 2 amide bonds. The average Bonchev–Trinajstić information content (AvgIpc) is 3.63. The summed E-state index contributed by atoms with van der Waals surface area (Å²) in [7, 11) is 0. The number of fused-ring (bicyclic) bond motifs is 3. The van der Waals surface area contributed by atoms with Gasteiger partial charge in [-0.1, -0.05) is 31.9 Å². The third-order valence-electron chi connectivity index (χ3n) is 7.62. The summed E-state index contributed by atoms with van der Waals surface area (Å²) in [6.07, 6.45) is 10.4. The molecule has 3 aromatic heterocycles. The van der Waals surface area contributed by atoms with E-state index in [9.17, 15) is 4.79 Å². The molecular formula is C29H31N5OS. The molecule has 1 aliphatic heterocycles. The van der Waals surface area contributed by atoms with Crippen LogP contribution < -0.4 is 10.2 Å². The summed E-state index contributed by atoms with van der Waals surface area (Å²) in [6, 6.07) is 14.7. The van der Waals surface area contributed by atoms with Crippen molar-refractivity contribution in [3.8, 4) is 11.3 Å². The topological polar surface area (TPSA) is 62.5 Å². The van der Waals surface area contributed by atoms with E-state index in [0.29, 0.717) is 13.1 Å². The van der Waals surface area contributed by atoms with Crippen molar-refractivity contribution in [2.45, 2.75) is 56.4 Å². The van der Waals surface area contributed by atoms with Crippen LogP contribution in [0.4, 0.5) is 10.5 Å². The van der Waals surface area contributed by atoms with Gasteiger partial charge in [0.2, 0.25) is 0 Å². The molecule has 6 nitrogen and oxygen atoms in total. The van der Waals surface area contributed by atoms with Crippen molar-refractivity contribution in [3.05, 3.63) is 77.9 Å². The van der Waals surface area contributed by atoms with Crippen LogP contribution in [0.5, 0.6) is 0 Å². The summed E-state index contributed by atoms with van der Waals surface area (Å²) >= 11 is 1.83. The van der Waals surface area contributed by atoms with Crippen molar-refractivity contribution in [2.75, 3.05) is 17.2 Å². The standard InChI is InChI=1S/C29H31N5OS/c1-3-36-22-8-6-21(7-9-22)17-31-28(35)34-19-29(12-4-5-13-29)27-25(34)11-10-24(32-27)23-18-33-15-14-30-26(33)16-20(23)2/h6-11,14-16,18H,3-5,12-13,17,19H2,1-2H3,(H,31,35). The highest BCUT2D eigenvalue weighted by atomic mass is 32.2. The molecule has 2 aliphatic rings. The van der Waals surface area contributed by atoms with Gasteiger partial charge in [-0.15, -0.1) is 11.8 Å². The third kappa shape index (κ3) is 4.05. The molecule has 184 valence electrons. The normalized spacial score (nSPS) is 16.1. The maximum atomic E-state index is 13.4. The van der Waals surface area contributed by atoms with Crippen LogP contribution in [0, 0.1) is 6.92 Å². The average molecular weight is 498 g/mol. The zero-order chi connectivity index (χ0) is 24.7. The first-order chi connectivity index (χ1) is 17.6. The number of urea groups is 1. The number of aryl methyl sites for hydroxylation is 1. The van der Waals surface area contributed by atoms with Gasteiger partial charge in [-0.2, -0.15) is 0 Å². The number of imidazole rings is 1. The molecule has 0 radical (unpaired) electrons. The maximum Gasteiger partial charge on any atom is 0.322 e. The van der Waals surface area contributed by atoms with Crippen LogP contribution in [-0.2, 0) is 12.0 Å². The molecule has 1 saturated carbocycles. The number of carbonyl (C=O) groups is 1. The summed E-state index contributed by atoms with van der Waals surface area (Å²) in [5.41, 5.74) is 7.24. The van der Waals surface area contributed by atoms with Gasteiger partial charge in [0.05, 0.1) is 17.1 Å². The van der Waals surface area contributed by atoms with Gasteiger partial charge < -0.3 is 9.72 Å². The van der Waals surface area contributed by atoms with E-state index in [1.165, 1.54) is 17.7 Å². The Hall–Kier alpha value is -3.32. The fourth-order valence-electron chi connectivity index (χ4n) is 5.77. The first kappa shape index (κ1) is 23.1. The Morgan fingerprint density at radius 2 is 1.94 bits per heavy atom. The van der Waals surface area contributed by atoms with Crippen molar-refractivity contribution in [1.29, 1.82) is 0 Å². The Morgan fingerprint density at radius 3 is 2.72 bits per heavy atom. The lowest BCUT2D eigenvalue weighted by molar-refractivity contribution is 0.245. The van der Waals surface area contributed by atoms with Gasteiger partial charge in [-0.25, -0.2) is 14.8 Å². The summed E-state index contributed by atoms with van der Waals surface area (Å²) in [4.78, 5) is 26.2. The van der Waals surface area contributed by atoms with Gasteiger partial charge in [-0.3, -0.25) is 4.90 Å². The minimum Gasteiger partial charge on any atom is -0.334 e. The van der Waals surface area contributed by atoms with Crippen molar-refractivity contribution in [1.82, 2.24) is 19.7 Å². The highest BCUT2D eigenvalue weighted by molar-refractivity contribution is 7.99. The Labute approximate surface area is 216 Å². The first-order valence-corrected chi connectivity index (χ1v) is 13.8. The smallest absolute Gasteiger partial charge is 0.322 e. The van der Waals surface area contributed by atoms with E-state index >= 15 is 0 Å². The number of benzene rings is 1. The second-order valence-corrected chi connectivity index (χ2v) is 11.3. The Kier molecular flexibility index (Phi) is 5.96. The molecule has 1 spiro atoms. The molecule has 0 unspecified atom stereocenters. The summed E-state index contributed by atoms with van der Waals surface area (Å²) in [5.74, 6) is 1.06. The Balaban J connectivity index is 1.28. The van der Waals surface area contributed by atoms with E-state index in [0.717, 1.165) is 58.0 Å². The van der Waals surface area contributed by atoms with Crippen LogP contribution in [0.15, 0.2) is 66.0 Å². The van der Waals surface area contributed by atoms with Gasteiger partial charge in [0, 0.05) is 47.6 Å². The number of carbonyl (C=O) groups excluding carboxylic acids is 1. The van der Waals surface area contributed by atoms with Gasteiger partial charge in [0.25, 0.3) is 0 Å². The number of hydrogen-bond acceptors (Lipinski definition) is 4. The van der Waals surface area contributed by atoms with Crippen LogP contribution in [0.3, 0.4) is 0 Å². The fourth-order valence-corrected chi connectivity index (χ4v) is 6.43. The lowest BCUT2D eigenvalue weighted by Crippen LogP contribution is -2.41. The Morgan fingerprint density at radius 1 is 1.14 bits per heavy atom. The molecule has 36 heavy (non-hydrogen) atoms. The predicted molar refractivity (Wildman–Crippen MR) is 146 cm³/mol. The predicted octanol–water partition coefficient (Wildman–Crippen LogP) is 6.36. The zero-order valence-corrected chi connectivity index (χ0v) is 21.6. The van der Waals surface area contributed by atoms with E-state index in [1.807, 2.05) is 33.5 Å². The zero-order valence-electron chi connectivity index (χ0n) is 20.8. The van der Waals surface area contributed by atoms with E-state index in [-0.39, 0.29) is 11.4 Å². The lowest BCUT2D eigenvalue weighted by atomic mass is 9.84. The van der Waals surface area contributed by atoms with Crippen LogP contribution in [0.1, 0.15) is 49.4 Å². The minimum absolute atomic E-state index is 0.0439. The summed E-state index contributed by atoms with van der Waals surface area (Å²) in [5, 5.41) is 3.15. The molecule has 1 aliphatic carbocycles. The minimum atomic E-state index is -0.0469. The number of amides is 2. The largest absolute Gasteiger partial charge is 0.334 e. The van der Waals surface area contributed by atoms with Crippen LogP contribution in [0.25, 0.3) is 16.9 Å². The van der Waals surface area contributed by atoms with E-state index in [4.69, 9.17) is 4.98 Å². The van der Waals surface area contributed by atoms with Gasteiger partial charge >= 0.3 is 6.03 Å². The van der Waals surface area contributed by atoms with Crippen molar-refractivity contribution < 1.29 is 4.79 Å². The molecule has 0 bridgehead atoms. The van der Waals surface area contributed by atoms with E-state index in [1.54, 1.807) is 0 Å². The van der Waals surface area contributed by atoms with Gasteiger partial charge in [-0.05, 0) is 67.0 Å². The number of pyridine rings is 2. The number of rotatable bonds is 5. The summed E-state index contributed by atoms with van der Waals surface area (Å²) < 4.78 is 2.04. The SMILES string of the molecule is CCSc1ccc(CNC(=O)N2CC3(CCCC3)c3nc(-c4cn5ccnc5cc4C)ccc32)cc1. The maximum absolute atomic E-state index is 13.4. The quantitative estimate of drug-likeness (QED) is 0.326. The van der Waals surface area contributed by atoms with Crippen molar-refractivity contribution in [3.63, 3.8) is 0 Å². The molecule has 0 atom stereocenters. The van der Waals surface area contributed by atoms with Crippen molar-refractivity contribution >= 4 is 29.1 Å². The van der Waals surface area contributed by atoms with Crippen LogP contribution >= 0.6 is 11.8 Å².